The van der Waals surface area contributed by atoms with Gasteiger partial charge in [-0.1, -0.05) is 12.5 Å². The fourth-order valence-corrected chi connectivity index (χ4v) is 6.07. The summed E-state index contributed by atoms with van der Waals surface area (Å²) in [7, 11) is 0. The van der Waals surface area contributed by atoms with Crippen LogP contribution in [0.15, 0.2) is 41.6 Å². The number of phenolic OH excluding ortho intramolecular Hbond substituents is 1. The van der Waals surface area contributed by atoms with Gasteiger partial charge in [-0.05, 0) is 74.1 Å². The highest BCUT2D eigenvalue weighted by atomic mass is 32.2. The number of thioether (sulfide) groups is 1. The maximum absolute atomic E-state index is 13.9. The summed E-state index contributed by atoms with van der Waals surface area (Å²) >= 11 is 1.37. The quantitative estimate of drug-likeness (QED) is 0.375. The fraction of sp³-hybridized carbons (Fsp3) is 0.462. The van der Waals surface area contributed by atoms with Gasteiger partial charge in [0.15, 0.2) is 11.6 Å². The van der Waals surface area contributed by atoms with E-state index in [1.807, 2.05) is 12.3 Å². The molecule has 1 saturated carbocycles. The Hall–Kier alpha value is -2.78. The zero-order chi connectivity index (χ0) is 23.9. The Balaban J connectivity index is 1.24. The van der Waals surface area contributed by atoms with Gasteiger partial charge in [-0.25, -0.2) is 9.97 Å². The molecule has 3 fully saturated rings. The van der Waals surface area contributed by atoms with Crippen molar-refractivity contribution >= 4 is 17.6 Å². The monoisotopic (exact) mass is 492 g/mol. The molecule has 0 radical (unpaired) electrons. The third-order valence-corrected chi connectivity index (χ3v) is 8.02. The Morgan fingerprint density at radius 1 is 1.00 bits per heavy atom. The summed E-state index contributed by atoms with van der Waals surface area (Å²) in [6.07, 6.45) is 12.2. The number of halogens is 1. The number of piperidine rings is 2. The van der Waals surface area contributed by atoms with Crippen LogP contribution in [0, 0.1) is 5.95 Å². The van der Waals surface area contributed by atoms with Crippen LogP contribution in [0.3, 0.4) is 0 Å². The molecule has 6 rings (SSSR count). The highest BCUT2D eigenvalue weighted by molar-refractivity contribution is 7.98. The van der Waals surface area contributed by atoms with E-state index in [0.29, 0.717) is 51.7 Å². The van der Waals surface area contributed by atoms with E-state index in [9.17, 15) is 9.50 Å². The maximum Gasteiger partial charge on any atom is 0.214 e. The van der Waals surface area contributed by atoms with Crippen LogP contribution >= 0.6 is 11.8 Å². The highest BCUT2D eigenvalue weighted by Gasteiger charge is 2.40. The normalized spacial score (nSPS) is 23.8. The highest BCUT2D eigenvalue weighted by Crippen LogP contribution is 2.38. The molecule has 3 atom stereocenters. The lowest BCUT2D eigenvalue weighted by Gasteiger charge is -2.45. The predicted octanol–water partition coefficient (Wildman–Crippen LogP) is 4.81. The fourth-order valence-electron chi connectivity index (χ4n) is 5.64. The topological polar surface area (TPSA) is 87.1 Å². The minimum atomic E-state index is -0.545. The van der Waals surface area contributed by atoms with Crippen LogP contribution in [0.25, 0.3) is 22.5 Å². The summed E-state index contributed by atoms with van der Waals surface area (Å²) < 4.78 is 13.9. The van der Waals surface area contributed by atoms with Crippen LogP contribution in [-0.2, 0) is 0 Å². The first-order valence-corrected chi connectivity index (χ1v) is 13.6. The molecule has 3 aromatic rings. The zero-order valence-electron chi connectivity index (χ0n) is 19.7. The molecule has 2 bridgehead atoms. The van der Waals surface area contributed by atoms with Gasteiger partial charge in [0.25, 0.3) is 0 Å². The Morgan fingerprint density at radius 3 is 2.46 bits per heavy atom. The van der Waals surface area contributed by atoms with Crippen molar-refractivity contribution in [3.05, 3.63) is 42.5 Å². The molecule has 0 spiro atoms. The summed E-state index contributed by atoms with van der Waals surface area (Å²) in [6.45, 7) is 0. The Kier molecular flexibility index (Phi) is 6.06. The van der Waals surface area contributed by atoms with Gasteiger partial charge >= 0.3 is 0 Å². The molecule has 2 N–H and O–H groups in total. The first-order valence-electron chi connectivity index (χ1n) is 12.4. The van der Waals surface area contributed by atoms with Crippen molar-refractivity contribution < 1.29 is 9.50 Å². The van der Waals surface area contributed by atoms with Gasteiger partial charge in [-0.2, -0.15) is 4.39 Å². The third-order valence-electron chi connectivity index (χ3n) is 7.39. The van der Waals surface area contributed by atoms with Crippen LogP contribution in [0.4, 0.5) is 10.2 Å². The average Bonchev–Trinajstić information content (AvgIpc) is 3.69. The Morgan fingerprint density at radius 2 is 1.80 bits per heavy atom. The van der Waals surface area contributed by atoms with Crippen molar-refractivity contribution in [2.75, 3.05) is 11.2 Å². The lowest BCUT2D eigenvalue weighted by Crippen LogP contribution is -2.55. The molecule has 1 unspecified atom stereocenters. The standard InChI is InChI=1S/C26H29FN6OS/c1-35-25-11-16(10-23(27)30-25)15-5-8-21(22(34)9-15)26-28-14-24(31-32-26)33(19-6-7-19)20-12-17-3-2-4-18(13-20)29-17/h5,8-11,14,17-20,29,34H,2-4,6-7,12-13H2,1H3/t17-,18+,20?. The molecule has 4 heterocycles. The van der Waals surface area contributed by atoms with E-state index >= 15 is 0 Å². The number of aromatic hydroxyl groups is 1. The number of hydrogen-bond acceptors (Lipinski definition) is 8. The largest absolute Gasteiger partial charge is 0.507 e. The third kappa shape index (κ3) is 4.71. The van der Waals surface area contributed by atoms with Crippen LogP contribution in [-0.4, -0.2) is 55.7 Å². The van der Waals surface area contributed by atoms with Crippen molar-refractivity contribution in [1.82, 2.24) is 25.5 Å². The summed E-state index contributed by atoms with van der Waals surface area (Å²) in [5.74, 6) is 0.692. The molecule has 35 heavy (non-hydrogen) atoms. The molecular weight excluding hydrogens is 463 g/mol. The predicted molar refractivity (Wildman–Crippen MR) is 135 cm³/mol. The first kappa shape index (κ1) is 22.7. The number of hydrogen-bond donors (Lipinski definition) is 2. The number of aromatic nitrogens is 4. The SMILES string of the molecule is CSc1cc(-c2ccc(-c3ncc(N(C4CC4)C4C[C@H]5CCC[C@@H](C4)N5)nn3)c(O)c2)cc(F)n1. The van der Waals surface area contributed by atoms with E-state index in [2.05, 4.69) is 30.4 Å². The van der Waals surface area contributed by atoms with E-state index < -0.39 is 5.95 Å². The van der Waals surface area contributed by atoms with Crippen LogP contribution in [0.2, 0.25) is 0 Å². The van der Waals surface area contributed by atoms with E-state index in [1.165, 1.54) is 49.9 Å². The second kappa shape index (κ2) is 9.35. The molecular formula is C26H29FN6OS. The minimum absolute atomic E-state index is 0.0326. The number of nitrogens with zero attached hydrogens (tertiary/aromatic N) is 5. The van der Waals surface area contributed by atoms with E-state index in [-0.39, 0.29) is 5.75 Å². The molecule has 0 amide bonds. The number of rotatable bonds is 6. The lowest BCUT2D eigenvalue weighted by atomic mass is 9.83. The second-order valence-corrected chi connectivity index (χ2v) is 10.7. The summed E-state index contributed by atoms with van der Waals surface area (Å²) in [4.78, 5) is 10.9. The first-order chi connectivity index (χ1) is 17.1. The van der Waals surface area contributed by atoms with Crippen LogP contribution in [0.1, 0.15) is 44.9 Å². The van der Waals surface area contributed by atoms with Gasteiger partial charge in [-0.15, -0.1) is 22.0 Å². The smallest absolute Gasteiger partial charge is 0.214 e. The molecule has 7 nitrogen and oxygen atoms in total. The van der Waals surface area contributed by atoms with Gasteiger partial charge in [0.05, 0.1) is 16.8 Å². The van der Waals surface area contributed by atoms with Crippen molar-refractivity contribution in [2.24, 2.45) is 0 Å². The number of nitrogens with one attached hydrogen (secondary N) is 1. The molecule has 9 heteroatoms. The van der Waals surface area contributed by atoms with E-state index in [1.54, 1.807) is 24.4 Å². The minimum Gasteiger partial charge on any atom is -0.507 e. The molecule has 2 aliphatic heterocycles. The molecule has 3 aliphatic rings. The number of benzene rings is 1. The van der Waals surface area contributed by atoms with Crippen LogP contribution < -0.4 is 10.2 Å². The van der Waals surface area contributed by atoms with E-state index in [0.717, 1.165) is 18.7 Å². The number of phenols is 1. The Bertz CT molecular complexity index is 1210. The number of fused-ring (bicyclic) bond motifs is 2. The van der Waals surface area contributed by atoms with Crippen molar-refractivity contribution in [3.63, 3.8) is 0 Å². The van der Waals surface area contributed by atoms with Crippen molar-refractivity contribution in [3.8, 4) is 28.3 Å². The summed E-state index contributed by atoms with van der Waals surface area (Å²) in [6, 6.07) is 10.6. The maximum atomic E-state index is 13.9. The van der Waals surface area contributed by atoms with Gasteiger partial charge < -0.3 is 15.3 Å². The van der Waals surface area contributed by atoms with Gasteiger partial charge in [-0.3, -0.25) is 0 Å². The van der Waals surface area contributed by atoms with Crippen LogP contribution in [0.5, 0.6) is 5.75 Å². The van der Waals surface area contributed by atoms with Gasteiger partial charge in [0.2, 0.25) is 5.95 Å². The summed E-state index contributed by atoms with van der Waals surface area (Å²) in [5.41, 5.74) is 1.86. The zero-order valence-corrected chi connectivity index (χ0v) is 20.5. The lowest BCUT2D eigenvalue weighted by molar-refractivity contribution is 0.215. The number of pyridine rings is 1. The summed E-state index contributed by atoms with van der Waals surface area (Å²) in [5, 5.41) is 24.1. The van der Waals surface area contributed by atoms with Gasteiger partial charge in [0.1, 0.15) is 5.75 Å². The molecule has 1 aliphatic carbocycles. The molecule has 1 aromatic carbocycles. The van der Waals surface area contributed by atoms with E-state index in [4.69, 9.17) is 0 Å². The number of anilines is 1. The second-order valence-electron chi connectivity index (χ2n) is 9.85. The molecule has 182 valence electrons. The molecule has 2 aromatic heterocycles. The average molecular weight is 493 g/mol. The van der Waals surface area contributed by atoms with Gasteiger partial charge in [0, 0.05) is 30.2 Å². The van der Waals surface area contributed by atoms with Crippen molar-refractivity contribution in [1.29, 1.82) is 0 Å². The molecule has 2 saturated heterocycles. The van der Waals surface area contributed by atoms with Crippen molar-refractivity contribution in [2.45, 2.75) is 74.1 Å². The Labute approximate surface area is 208 Å².